The molecule has 0 bridgehead atoms. The first-order valence-electron chi connectivity index (χ1n) is 3.23. The zero-order chi connectivity index (χ0) is 8.27. The first-order valence-corrected chi connectivity index (χ1v) is 3.23. The average molecular weight is 152 g/mol. The summed E-state index contributed by atoms with van der Waals surface area (Å²) in [4.78, 5) is 7.79. The molecule has 0 aliphatic heterocycles. The standard InChI is InChI=1S/C6H9BN2O2/c1-5-8-3-6(4-9-5)7(10)11-2/h3-4,10H,1-2H3. The molecule has 5 heteroatoms. The predicted octanol–water partition coefficient (Wildman–Crippen LogP) is -0.881. The molecule has 1 aromatic heterocycles. The van der Waals surface area contributed by atoms with E-state index in [4.69, 9.17) is 5.02 Å². The molecule has 1 aromatic rings. The van der Waals surface area contributed by atoms with Crippen molar-refractivity contribution in [3.05, 3.63) is 18.2 Å². The maximum Gasteiger partial charge on any atom is 0.494 e. The molecule has 0 aromatic carbocycles. The van der Waals surface area contributed by atoms with Crippen LogP contribution in [0.1, 0.15) is 5.82 Å². The van der Waals surface area contributed by atoms with Gasteiger partial charge >= 0.3 is 7.12 Å². The summed E-state index contributed by atoms with van der Waals surface area (Å²) in [6, 6.07) is 0. The smallest absolute Gasteiger partial charge is 0.423 e. The minimum atomic E-state index is -0.921. The van der Waals surface area contributed by atoms with Gasteiger partial charge in [-0.25, -0.2) is 9.97 Å². The van der Waals surface area contributed by atoms with E-state index in [1.807, 2.05) is 0 Å². The Morgan fingerprint density at radius 1 is 1.45 bits per heavy atom. The Labute approximate surface area is 65.4 Å². The summed E-state index contributed by atoms with van der Waals surface area (Å²) < 4.78 is 4.65. The number of hydrogen-bond donors (Lipinski definition) is 1. The van der Waals surface area contributed by atoms with Gasteiger partial charge in [-0.3, -0.25) is 0 Å². The van der Waals surface area contributed by atoms with Gasteiger partial charge in [0.05, 0.1) is 0 Å². The Morgan fingerprint density at radius 2 is 2.00 bits per heavy atom. The summed E-state index contributed by atoms with van der Waals surface area (Å²) in [5.41, 5.74) is 0.568. The molecule has 0 aliphatic carbocycles. The van der Waals surface area contributed by atoms with Crippen LogP contribution < -0.4 is 5.46 Å². The lowest BCUT2D eigenvalue weighted by atomic mass is 9.82. The normalized spacial score (nSPS) is 9.73. The maximum atomic E-state index is 9.12. The zero-order valence-electron chi connectivity index (χ0n) is 6.48. The first-order chi connectivity index (χ1) is 5.24. The van der Waals surface area contributed by atoms with Crippen LogP contribution >= 0.6 is 0 Å². The molecule has 4 nitrogen and oxygen atoms in total. The predicted molar refractivity (Wildman–Crippen MR) is 41.4 cm³/mol. The third-order valence-electron chi connectivity index (χ3n) is 1.31. The van der Waals surface area contributed by atoms with Crippen LogP contribution in [-0.4, -0.2) is 29.2 Å². The largest absolute Gasteiger partial charge is 0.494 e. The highest BCUT2D eigenvalue weighted by Crippen LogP contribution is 1.83. The SMILES string of the molecule is COB(O)c1cnc(C)nc1. The molecular formula is C6H9BN2O2. The molecule has 11 heavy (non-hydrogen) atoms. The van der Waals surface area contributed by atoms with Gasteiger partial charge < -0.3 is 9.68 Å². The van der Waals surface area contributed by atoms with Crippen LogP contribution in [-0.2, 0) is 4.65 Å². The summed E-state index contributed by atoms with van der Waals surface area (Å²) in [5.74, 6) is 0.678. The van der Waals surface area contributed by atoms with Gasteiger partial charge in [0.1, 0.15) is 5.82 Å². The van der Waals surface area contributed by atoms with E-state index in [2.05, 4.69) is 14.6 Å². The van der Waals surface area contributed by atoms with Crippen molar-refractivity contribution < 1.29 is 9.68 Å². The van der Waals surface area contributed by atoms with Crippen LogP contribution in [0.3, 0.4) is 0 Å². The van der Waals surface area contributed by atoms with Gasteiger partial charge in [0.25, 0.3) is 0 Å². The van der Waals surface area contributed by atoms with E-state index in [1.54, 1.807) is 6.92 Å². The number of rotatable bonds is 2. The number of hydrogen-bond acceptors (Lipinski definition) is 4. The molecule has 1 N–H and O–H groups in total. The van der Waals surface area contributed by atoms with Crippen LogP contribution in [0.4, 0.5) is 0 Å². The molecule has 58 valence electrons. The first kappa shape index (κ1) is 8.16. The Morgan fingerprint density at radius 3 is 2.45 bits per heavy atom. The Balaban J connectivity index is 2.81. The van der Waals surface area contributed by atoms with E-state index in [0.717, 1.165) is 0 Å². The van der Waals surface area contributed by atoms with Crippen molar-refractivity contribution in [1.29, 1.82) is 0 Å². The molecule has 0 saturated carbocycles. The van der Waals surface area contributed by atoms with Crippen molar-refractivity contribution in [1.82, 2.24) is 9.97 Å². The van der Waals surface area contributed by atoms with E-state index in [9.17, 15) is 0 Å². The molecule has 1 rings (SSSR count). The molecule has 0 saturated heterocycles. The molecule has 0 spiro atoms. The lowest BCUT2D eigenvalue weighted by molar-refractivity contribution is 0.341. The minimum Gasteiger partial charge on any atom is -0.423 e. The van der Waals surface area contributed by atoms with E-state index >= 15 is 0 Å². The molecular weight excluding hydrogens is 143 g/mol. The van der Waals surface area contributed by atoms with Crippen molar-refractivity contribution in [2.24, 2.45) is 0 Å². The van der Waals surface area contributed by atoms with Crippen molar-refractivity contribution in [3.8, 4) is 0 Å². The lowest BCUT2D eigenvalue weighted by Crippen LogP contribution is -2.33. The molecule has 0 amide bonds. The van der Waals surface area contributed by atoms with Crippen LogP contribution in [0.25, 0.3) is 0 Å². The van der Waals surface area contributed by atoms with Crippen molar-refractivity contribution in [2.75, 3.05) is 7.11 Å². The van der Waals surface area contributed by atoms with Crippen molar-refractivity contribution in [2.45, 2.75) is 6.92 Å². The molecule has 0 atom stereocenters. The quantitative estimate of drug-likeness (QED) is 0.559. The van der Waals surface area contributed by atoms with Gasteiger partial charge in [-0.2, -0.15) is 0 Å². The minimum absolute atomic E-state index is 0.568. The monoisotopic (exact) mass is 152 g/mol. The van der Waals surface area contributed by atoms with E-state index < -0.39 is 7.12 Å². The maximum absolute atomic E-state index is 9.12. The number of aryl methyl sites for hydroxylation is 1. The lowest BCUT2D eigenvalue weighted by Gasteiger charge is -2.01. The average Bonchev–Trinajstić information content (AvgIpc) is 2.05. The van der Waals surface area contributed by atoms with Crippen molar-refractivity contribution >= 4 is 12.6 Å². The van der Waals surface area contributed by atoms with Crippen LogP contribution in [0.2, 0.25) is 0 Å². The Kier molecular flexibility index (Phi) is 2.56. The van der Waals surface area contributed by atoms with Gasteiger partial charge in [-0.15, -0.1) is 0 Å². The summed E-state index contributed by atoms with van der Waals surface area (Å²) in [5, 5.41) is 9.12. The van der Waals surface area contributed by atoms with Gasteiger partial charge in [-0.05, 0) is 6.92 Å². The summed E-state index contributed by atoms with van der Waals surface area (Å²) in [7, 11) is 0.500. The molecule has 0 radical (unpaired) electrons. The topological polar surface area (TPSA) is 55.2 Å². The fraction of sp³-hybridized carbons (Fsp3) is 0.333. The molecule has 1 heterocycles. The van der Waals surface area contributed by atoms with E-state index in [0.29, 0.717) is 11.3 Å². The van der Waals surface area contributed by atoms with Gasteiger partial charge in [0.15, 0.2) is 0 Å². The molecule has 0 aliphatic rings. The second kappa shape index (κ2) is 3.45. The van der Waals surface area contributed by atoms with Crippen LogP contribution in [0.15, 0.2) is 12.4 Å². The fourth-order valence-corrected chi connectivity index (χ4v) is 0.666. The van der Waals surface area contributed by atoms with Crippen LogP contribution in [0.5, 0.6) is 0 Å². The van der Waals surface area contributed by atoms with E-state index in [-0.39, 0.29) is 0 Å². The number of nitrogens with zero attached hydrogens (tertiary/aromatic N) is 2. The van der Waals surface area contributed by atoms with Crippen molar-refractivity contribution in [3.63, 3.8) is 0 Å². The highest BCUT2D eigenvalue weighted by atomic mass is 16.5. The summed E-state index contributed by atoms with van der Waals surface area (Å²) >= 11 is 0. The summed E-state index contributed by atoms with van der Waals surface area (Å²) in [6.07, 6.45) is 3.08. The fourth-order valence-electron chi connectivity index (χ4n) is 0.666. The van der Waals surface area contributed by atoms with Gasteiger partial charge in [0, 0.05) is 25.0 Å². The second-order valence-corrected chi connectivity index (χ2v) is 2.15. The van der Waals surface area contributed by atoms with Gasteiger partial charge in [-0.1, -0.05) is 0 Å². The van der Waals surface area contributed by atoms with E-state index in [1.165, 1.54) is 19.5 Å². The summed E-state index contributed by atoms with van der Waals surface area (Å²) in [6.45, 7) is 1.78. The van der Waals surface area contributed by atoms with Gasteiger partial charge in [0.2, 0.25) is 0 Å². The Bertz CT molecular complexity index is 227. The highest BCUT2D eigenvalue weighted by molar-refractivity contribution is 6.59. The Hall–Kier alpha value is -0.935. The zero-order valence-corrected chi connectivity index (χ0v) is 6.48. The highest BCUT2D eigenvalue weighted by Gasteiger charge is 2.14. The molecule has 0 fully saturated rings. The second-order valence-electron chi connectivity index (χ2n) is 2.15. The van der Waals surface area contributed by atoms with Crippen LogP contribution in [0, 0.1) is 6.92 Å². The third kappa shape index (κ3) is 1.99. The molecule has 0 unspecified atom stereocenters. The number of aromatic nitrogens is 2. The third-order valence-corrected chi connectivity index (χ3v) is 1.31.